The molecule has 2 atom stereocenters. The molecule has 1 aliphatic heterocycles. The van der Waals surface area contributed by atoms with Crippen molar-refractivity contribution in [2.45, 2.75) is 18.5 Å². The number of halogens is 1. The summed E-state index contributed by atoms with van der Waals surface area (Å²) >= 11 is 5.95. The van der Waals surface area contributed by atoms with E-state index in [1.165, 1.54) is 0 Å². The fourth-order valence-corrected chi connectivity index (χ4v) is 2.38. The van der Waals surface area contributed by atoms with Gasteiger partial charge in [0.05, 0.1) is 25.7 Å². The first-order valence-corrected chi connectivity index (χ1v) is 7.09. The summed E-state index contributed by atoms with van der Waals surface area (Å²) in [6.07, 6.45) is 0.0136. The molecule has 1 heterocycles. The van der Waals surface area contributed by atoms with Gasteiger partial charge in [0, 0.05) is 11.6 Å². The standard InChI is InChI=1S/C14H18ClN3O3/c15-10-3-1-2-9(6-10)11(7-13(16)19)18-14(20)12-8-21-5-4-17-12/h1-3,6,11-12,17H,4-5,7-8H2,(H2,16,19)(H,18,20)/t11-,12?/m1/s1. The summed E-state index contributed by atoms with van der Waals surface area (Å²) in [4.78, 5) is 23.4. The molecule has 2 amide bonds. The van der Waals surface area contributed by atoms with Gasteiger partial charge in [0.2, 0.25) is 11.8 Å². The molecule has 1 aromatic carbocycles. The van der Waals surface area contributed by atoms with Crippen molar-refractivity contribution in [2.75, 3.05) is 19.8 Å². The lowest BCUT2D eigenvalue weighted by Gasteiger charge is -2.26. The molecule has 0 aromatic heterocycles. The van der Waals surface area contributed by atoms with E-state index in [1.807, 2.05) is 0 Å². The Morgan fingerprint density at radius 1 is 1.52 bits per heavy atom. The lowest BCUT2D eigenvalue weighted by Crippen LogP contribution is -2.52. The number of ether oxygens (including phenoxy) is 1. The molecule has 1 unspecified atom stereocenters. The number of carbonyl (C=O) groups excluding carboxylic acids is 2. The molecule has 4 N–H and O–H groups in total. The van der Waals surface area contributed by atoms with Crippen molar-refractivity contribution >= 4 is 23.4 Å². The van der Waals surface area contributed by atoms with Crippen molar-refractivity contribution in [1.29, 1.82) is 0 Å². The van der Waals surface area contributed by atoms with Gasteiger partial charge in [-0.1, -0.05) is 23.7 Å². The highest BCUT2D eigenvalue weighted by Gasteiger charge is 2.25. The third-order valence-corrected chi connectivity index (χ3v) is 3.45. The Morgan fingerprint density at radius 2 is 2.33 bits per heavy atom. The maximum absolute atomic E-state index is 12.2. The van der Waals surface area contributed by atoms with E-state index in [-0.39, 0.29) is 12.3 Å². The van der Waals surface area contributed by atoms with Crippen LogP contribution >= 0.6 is 11.6 Å². The number of carbonyl (C=O) groups is 2. The normalized spacial score (nSPS) is 19.8. The average Bonchev–Trinajstić information content (AvgIpc) is 2.47. The summed E-state index contributed by atoms with van der Waals surface area (Å²) in [6.45, 7) is 1.52. The average molecular weight is 312 g/mol. The maximum atomic E-state index is 12.2. The van der Waals surface area contributed by atoms with Crippen LogP contribution < -0.4 is 16.4 Å². The Labute approximate surface area is 128 Å². The van der Waals surface area contributed by atoms with E-state index < -0.39 is 18.0 Å². The number of rotatable bonds is 5. The van der Waals surface area contributed by atoms with Gasteiger partial charge in [-0.3, -0.25) is 9.59 Å². The second-order valence-electron chi connectivity index (χ2n) is 4.87. The zero-order chi connectivity index (χ0) is 15.2. The first-order valence-electron chi connectivity index (χ1n) is 6.71. The predicted molar refractivity (Wildman–Crippen MR) is 78.8 cm³/mol. The van der Waals surface area contributed by atoms with Gasteiger partial charge >= 0.3 is 0 Å². The summed E-state index contributed by atoms with van der Waals surface area (Å²) in [5.74, 6) is -0.714. The van der Waals surface area contributed by atoms with E-state index >= 15 is 0 Å². The molecule has 1 saturated heterocycles. The highest BCUT2D eigenvalue weighted by molar-refractivity contribution is 6.30. The van der Waals surface area contributed by atoms with E-state index in [0.29, 0.717) is 24.8 Å². The summed E-state index contributed by atoms with van der Waals surface area (Å²) < 4.78 is 5.25. The van der Waals surface area contributed by atoms with Gasteiger partial charge < -0.3 is 21.1 Å². The van der Waals surface area contributed by atoms with Crippen molar-refractivity contribution in [1.82, 2.24) is 10.6 Å². The molecule has 0 aliphatic carbocycles. The van der Waals surface area contributed by atoms with Gasteiger partial charge in [0.25, 0.3) is 0 Å². The van der Waals surface area contributed by atoms with Crippen LogP contribution in [0.3, 0.4) is 0 Å². The molecule has 2 rings (SSSR count). The quantitative estimate of drug-likeness (QED) is 0.732. The molecule has 6 nitrogen and oxygen atoms in total. The molecule has 1 aliphatic rings. The Hall–Kier alpha value is -1.63. The van der Waals surface area contributed by atoms with E-state index in [2.05, 4.69) is 10.6 Å². The van der Waals surface area contributed by atoms with Crippen LogP contribution in [0.4, 0.5) is 0 Å². The van der Waals surface area contributed by atoms with E-state index in [0.717, 1.165) is 5.56 Å². The van der Waals surface area contributed by atoms with Gasteiger partial charge in [-0.25, -0.2) is 0 Å². The molecule has 1 fully saturated rings. The number of nitrogens with two attached hydrogens (primary N) is 1. The minimum absolute atomic E-state index is 0.0136. The largest absolute Gasteiger partial charge is 0.378 e. The first kappa shape index (κ1) is 15.8. The van der Waals surface area contributed by atoms with Gasteiger partial charge in [0.1, 0.15) is 6.04 Å². The lowest BCUT2D eigenvalue weighted by molar-refractivity contribution is -0.127. The zero-order valence-electron chi connectivity index (χ0n) is 11.5. The molecule has 0 saturated carbocycles. The molecule has 114 valence electrons. The monoisotopic (exact) mass is 311 g/mol. The summed E-state index contributed by atoms with van der Waals surface area (Å²) in [5, 5.41) is 6.42. The van der Waals surface area contributed by atoms with E-state index in [9.17, 15) is 9.59 Å². The minimum Gasteiger partial charge on any atom is -0.378 e. The highest BCUT2D eigenvalue weighted by atomic mass is 35.5. The Morgan fingerprint density at radius 3 is 2.95 bits per heavy atom. The van der Waals surface area contributed by atoms with E-state index in [4.69, 9.17) is 22.1 Å². The number of primary amides is 1. The van der Waals surface area contributed by atoms with Crippen LogP contribution in [0.15, 0.2) is 24.3 Å². The molecular formula is C14H18ClN3O3. The minimum atomic E-state index is -0.502. The summed E-state index contributed by atoms with van der Waals surface area (Å²) in [7, 11) is 0. The Balaban J connectivity index is 2.08. The molecule has 0 spiro atoms. The fourth-order valence-electron chi connectivity index (χ4n) is 2.18. The topological polar surface area (TPSA) is 93.5 Å². The molecule has 21 heavy (non-hydrogen) atoms. The zero-order valence-corrected chi connectivity index (χ0v) is 12.2. The van der Waals surface area contributed by atoms with Crippen molar-refractivity contribution in [3.8, 4) is 0 Å². The van der Waals surface area contributed by atoms with Crippen molar-refractivity contribution in [3.63, 3.8) is 0 Å². The van der Waals surface area contributed by atoms with Crippen LogP contribution in [0.2, 0.25) is 5.02 Å². The van der Waals surface area contributed by atoms with Gasteiger partial charge in [-0.05, 0) is 17.7 Å². The Bertz CT molecular complexity index is 518. The van der Waals surface area contributed by atoms with Gasteiger partial charge in [-0.2, -0.15) is 0 Å². The summed E-state index contributed by atoms with van der Waals surface area (Å²) in [6, 6.07) is 6.07. The molecule has 0 radical (unpaired) electrons. The van der Waals surface area contributed by atoms with Crippen molar-refractivity contribution in [2.24, 2.45) is 5.73 Å². The number of nitrogens with one attached hydrogen (secondary N) is 2. The third kappa shape index (κ3) is 4.70. The van der Waals surface area contributed by atoms with Crippen LogP contribution in [0.25, 0.3) is 0 Å². The molecular weight excluding hydrogens is 294 g/mol. The second-order valence-corrected chi connectivity index (χ2v) is 5.30. The fraction of sp³-hybridized carbons (Fsp3) is 0.429. The van der Waals surface area contributed by atoms with Crippen LogP contribution in [0.1, 0.15) is 18.0 Å². The number of benzene rings is 1. The smallest absolute Gasteiger partial charge is 0.240 e. The van der Waals surface area contributed by atoms with Gasteiger partial charge in [0.15, 0.2) is 0 Å². The molecule has 7 heteroatoms. The van der Waals surface area contributed by atoms with Crippen LogP contribution in [-0.4, -0.2) is 37.6 Å². The SMILES string of the molecule is NC(=O)C[C@@H](NC(=O)C1COCCN1)c1cccc(Cl)c1. The lowest BCUT2D eigenvalue weighted by atomic mass is 10.0. The van der Waals surface area contributed by atoms with Crippen LogP contribution in [0, 0.1) is 0 Å². The van der Waals surface area contributed by atoms with E-state index in [1.54, 1.807) is 24.3 Å². The van der Waals surface area contributed by atoms with Crippen LogP contribution in [0.5, 0.6) is 0 Å². The number of hydrogen-bond acceptors (Lipinski definition) is 4. The maximum Gasteiger partial charge on any atom is 0.240 e. The highest BCUT2D eigenvalue weighted by Crippen LogP contribution is 2.20. The number of hydrogen-bond donors (Lipinski definition) is 3. The number of morpholine rings is 1. The van der Waals surface area contributed by atoms with Crippen molar-refractivity contribution in [3.05, 3.63) is 34.9 Å². The Kier molecular flexibility index (Phi) is 5.55. The summed E-state index contributed by atoms with van der Waals surface area (Å²) in [5.41, 5.74) is 6.00. The number of amides is 2. The van der Waals surface area contributed by atoms with Crippen LogP contribution in [-0.2, 0) is 14.3 Å². The second kappa shape index (κ2) is 7.40. The molecule has 1 aromatic rings. The first-order chi connectivity index (χ1) is 10.1. The predicted octanol–water partition coefficient (Wildman–Crippen LogP) is 0.361. The van der Waals surface area contributed by atoms with Gasteiger partial charge in [-0.15, -0.1) is 0 Å². The van der Waals surface area contributed by atoms with Crippen molar-refractivity contribution < 1.29 is 14.3 Å². The molecule has 0 bridgehead atoms. The third-order valence-electron chi connectivity index (χ3n) is 3.21.